The van der Waals surface area contributed by atoms with Crippen LogP contribution < -0.4 is 10.0 Å². The molecule has 29 heavy (non-hydrogen) atoms. The molecular formula is C21H21FN2O3S2. The number of benzene rings is 2. The Hall–Kier alpha value is -2.55. The van der Waals surface area contributed by atoms with Crippen molar-refractivity contribution in [2.24, 2.45) is 0 Å². The molecule has 8 heteroatoms. The molecule has 0 aliphatic rings. The van der Waals surface area contributed by atoms with Crippen molar-refractivity contribution in [1.29, 1.82) is 0 Å². The molecule has 1 unspecified atom stereocenters. The summed E-state index contributed by atoms with van der Waals surface area (Å²) < 4.78 is 41.7. The topological polar surface area (TPSA) is 75.3 Å². The monoisotopic (exact) mass is 432 g/mol. The van der Waals surface area contributed by atoms with Crippen molar-refractivity contribution in [2.45, 2.75) is 23.8 Å². The third-order valence-corrected chi connectivity index (χ3v) is 6.71. The van der Waals surface area contributed by atoms with Gasteiger partial charge in [-0.3, -0.25) is 4.79 Å². The van der Waals surface area contributed by atoms with Crippen molar-refractivity contribution in [3.05, 3.63) is 88.4 Å². The van der Waals surface area contributed by atoms with Gasteiger partial charge < -0.3 is 5.32 Å². The van der Waals surface area contributed by atoms with Crippen LogP contribution in [0.25, 0.3) is 0 Å². The van der Waals surface area contributed by atoms with E-state index in [1.54, 1.807) is 11.3 Å². The third kappa shape index (κ3) is 5.96. The van der Waals surface area contributed by atoms with Crippen LogP contribution >= 0.6 is 11.3 Å². The summed E-state index contributed by atoms with van der Waals surface area (Å²) >= 11 is 1.59. The molecule has 3 aromatic rings. The number of nitrogens with one attached hydrogen (secondary N) is 2. The second-order valence-electron chi connectivity index (χ2n) is 6.41. The molecular weight excluding hydrogens is 411 g/mol. The summed E-state index contributed by atoms with van der Waals surface area (Å²) in [6, 6.07) is 17.0. The Kier molecular flexibility index (Phi) is 7.13. The first-order chi connectivity index (χ1) is 14.0. The first-order valence-corrected chi connectivity index (χ1v) is 11.4. The minimum atomic E-state index is -4.21. The zero-order chi connectivity index (χ0) is 20.7. The summed E-state index contributed by atoms with van der Waals surface area (Å²) in [4.78, 5) is 13.4. The highest BCUT2D eigenvalue weighted by molar-refractivity contribution is 7.89. The summed E-state index contributed by atoms with van der Waals surface area (Å²) in [5.74, 6) is -1.32. The molecule has 1 aromatic heterocycles. The summed E-state index contributed by atoms with van der Waals surface area (Å²) in [7, 11) is -4.21. The van der Waals surface area contributed by atoms with Crippen LogP contribution in [0.1, 0.15) is 10.4 Å². The van der Waals surface area contributed by atoms with Crippen LogP contribution in [0.2, 0.25) is 0 Å². The number of hydrogen-bond acceptors (Lipinski definition) is 4. The number of halogens is 1. The Balaban J connectivity index is 1.75. The van der Waals surface area contributed by atoms with Gasteiger partial charge in [0, 0.05) is 11.4 Å². The molecule has 0 saturated carbocycles. The summed E-state index contributed by atoms with van der Waals surface area (Å²) in [6.45, 7) is 0.381. The quantitative estimate of drug-likeness (QED) is 0.546. The molecule has 5 nitrogen and oxygen atoms in total. The van der Waals surface area contributed by atoms with E-state index in [9.17, 15) is 17.6 Å². The maximum Gasteiger partial charge on any atom is 0.244 e. The van der Waals surface area contributed by atoms with E-state index in [-0.39, 0.29) is 6.42 Å². The molecule has 0 spiro atoms. The molecule has 1 amide bonds. The van der Waals surface area contributed by atoms with E-state index in [0.29, 0.717) is 13.0 Å². The number of rotatable bonds is 9. The summed E-state index contributed by atoms with van der Waals surface area (Å²) in [5.41, 5.74) is 0.794. The molecule has 0 radical (unpaired) electrons. The second-order valence-corrected chi connectivity index (χ2v) is 9.13. The molecule has 0 saturated heterocycles. The predicted molar refractivity (Wildman–Crippen MR) is 112 cm³/mol. The van der Waals surface area contributed by atoms with Crippen LogP contribution in [0.3, 0.4) is 0 Å². The lowest BCUT2D eigenvalue weighted by molar-refractivity contribution is -0.122. The summed E-state index contributed by atoms with van der Waals surface area (Å²) in [5, 5.41) is 4.73. The first-order valence-electron chi connectivity index (χ1n) is 9.06. The molecule has 2 aromatic carbocycles. The van der Waals surface area contributed by atoms with Gasteiger partial charge in [0.1, 0.15) is 16.8 Å². The van der Waals surface area contributed by atoms with Crippen molar-refractivity contribution in [1.82, 2.24) is 10.0 Å². The van der Waals surface area contributed by atoms with Crippen molar-refractivity contribution >= 4 is 27.3 Å². The number of carbonyl (C=O) groups is 1. The number of sulfonamides is 1. The molecule has 0 fully saturated rings. The molecule has 152 valence electrons. The van der Waals surface area contributed by atoms with E-state index in [1.807, 2.05) is 47.8 Å². The fourth-order valence-electron chi connectivity index (χ4n) is 2.84. The average Bonchev–Trinajstić information content (AvgIpc) is 3.22. The fraction of sp³-hybridized carbons (Fsp3) is 0.190. The zero-order valence-corrected chi connectivity index (χ0v) is 17.2. The maximum atomic E-state index is 14.0. The van der Waals surface area contributed by atoms with Crippen LogP contribution in [-0.4, -0.2) is 26.9 Å². The lowest BCUT2D eigenvalue weighted by atomic mass is 10.1. The Morgan fingerprint density at radius 2 is 1.72 bits per heavy atom. The van der Waals surface area contributed by atoms with Gasteiger partial charge in [0.15, 0.2) is 0 Å². The smallest absolute Gasteiger partial charge is 0.244 e. The van der Waals surface area contributed by atoms with E-state index >= 15 is 0 Å². The largest absolute Gasteiger partial charge is 0.354 e. The maximum absolute atomic E-state index is 14.0. The molecule has 1 heterocycles. The van der Waals surface area contributed by atoms with Crippen LogP contribution in [0.5, 0.6) is 0 Å². The lowest BCUT2D eigenvalue weighted by Gasteiger charge is -2.19. The van der Waals surface area contributed by atoms with Crippen molar-refractivity contribution in [2.75, 3.05) is 6.54 Å². The number of hydrogen-bond donors (Lipinski definition) is 2. The Morgan fingerprint density at radius 3 is 2.41 bits per heavy atom. The Morgan fingerprint density at radius 1 is 1.00 bits per heavy atom. The fourth-order valence-corrected chi connectivity index (χ4v) is 4.82. The average molecular weight is 433 g/mol. The minimum Gasteiger partial charge on any atom is -0.354 e. The zero-order valence-electron chi connectivity index (χ0n) is 15.5. The van der Waals surface area contributed by atoms with E-state index < -0.39 is 32.7 Å². The molecule has 1 atom stereocenters. The number of carbonyl (C=O) groups excluding carboxylic acids is 1. The Labute approximate surface area is 173 Å². The van der Waals surface area contributed by atoms with Crippen LogP contribution in [0, 0.1) is 5.82 Å². The Bertz CT molecular complexity index is 1040. The van der Waals surface area contributed by atoms with Crippen molar-refractivity contribution < 1.29 is 17.6 Å². The van der Waals surface area contributed by atoms with E-state index in [4.69, 9.17) is 0 Å². The molecule has 2 N–H and O–H groups in total. The van der Waals surface area contributed by atoms with Crippen molar-refractivity contribution in [3.63, 3.8) is 0 Å². The van der Waals surface area contributed by atoms with Crippen molar-refractivity contribution in [3.8, 4) is 0 Å². The van der Waals surface area contributed by atoms with Gasteiger partial charge in [-0.25, -0.2) is 12.8 Å². The highest BCUT2D eigenvalue weighted by Crippen LogP contribution is 2.15. The van der Waals surface area contributed by atoms with Gasteiger partial charge in [-0.05, 0) is 42.0 Å². The van der Waals surface area contributed by atoms with Crippen LogP contribution in [-0.2, 0) is 27.7 Å². The van der Waals surface area contributed by atoms with Gasteiger partial charge in [-0.2, -0.15) is 4.72 Å². The molecule has 0 bridgehead atoms. The molecule has 3 rings (SSSR count). The van der Waals surface area contributed by atoms with E-state index in [1.165, 1.54) is 18.2 Å². The highest BCUT2D eigenvalue weighted by atomic mass is 32.2. The van der Waals surface area contributed by atoms with Crippen LogP contribution in [0.4, 0.5) is 4.39 Å². The van der Waals surface area contributed by atoms with E-state index in [2.05, 4.69) is 10.0 Å². The number of thiophene rings is 1. The standard InChI is InChI=1S/C21H21FN2O3S2/c22-18-10-4-5-11-20(18)29(26,27)24-19(15-16-7-2-1-3-8-16)21(25)23-13-12-17-9-6-14-28-17/h1-11,14,19,24H,12-13,15H2,(H,23,25). The first kappa shape index (κ1) is 21.2. The van der Waals surface area contributed by atoms with Gasteiger partial charge >= 0.3 is 0 Å². The SMILES string of the molecule is O=C(NCCc1cccs1)C(Cc1ccccc1)NS(=O)(=O)c1ccccc1F. The molecule has 0 aliphatic heterocycles. The number of amides is 1. The highest BCUT2D eigenvalue weighted by Gasteiger charge is 2.27. The normalized spacial score (nSPS) is 12.4. The van der Waals surface area contributed by atoms with E-state index in [0.717, 1.165) is 16.5 Å². The van der Waals surface area contributed by atoms with Crippen LogP contribution in [0.15, 0.2) is 77.0 Å². The van der Waals surface area contributed by atoms with Gasteiger partial charge in [-0.1, -0.05) is 48.5 Å². The summed E-state index contributed by atoms with van der Waals surface area (Å²) in [6.07, 6.45) is 0.806. The predicted octanol–water partition coefficient (Wildman–Crippen LogP) is 3.14. The lowest BCUT2D eigenvalue weighted by Crippen LogP contribution is -2.48. The van der Waals surface area contributed by atoms with Gasteiger partial charge in [0.05, 0.1) is 0 Å². The minimum absolute atomic E-state index is 0.152. The van der Waals surface area contributed by atoms with Gasteiger partial charge in [0.25, 0.3) is 0 Å². The van der Waals surface area contributed by atoms with Gasteiger partial charge in [-0.15, -0.1) is 11.3 Å². The third-order valence-electron chi connectivity index (χ3n) is 4.27. The molecule has 0 aliphatic carbocycles. The second kappa shape index (κ2) is 9.78. The van der Waals surface area contributed by atoms with Gasteiger partial charge in [0.2, 0.25) is 15.9 Å².